The molecule has 0 unspecified atom stereocenters. The van der Waals surface area contributed by atoms with E-state index in [1.807, 2.05) is 19.1 Å². The van der Waals surface area contributed by atoms with E-state index < -0.39 is 0 Å². The number of unbranched alkanes of at least 4 members (excludes halogenated alkanes) is 1. The van der Waals surface area contributed by atoms with Gasteiger partial charge >= 0.3 is 0 Å². The molecular weight excluding hydrogens is 473 g/mol. The SMILES string of the molecule is CCCCOCCCNC(=NCc1ccc(OC)c(OC)c1OC)NCC.I. The third-order valence-electron chi connectivity index (χ3n) is 3.94. The average Bonchev–Trinajstić information content (AvgIpc) is 2.70. The zero-order chi connectivity index (χ0) is 19.9. The summed E-state index contributed by atoms with van der Waals surface area (Å²) in [5.41, 5.74) is 0.926. The second-order valence-electron chi connectivity index (χ2n) is 5.93. The van der Waals surface area contributed by atoms with Crippen molar-refractivity contribution in [3.05, 3.63) is 17.7 Å². The summed E-state index contributed by atoms with van der Waals surface area (Å²) in [5.74, 6) is 2.62. The molecule has 162 valence electrons. The van der Waals surface area contributed by atoms with Crippen LogP contribution in [0.25, 0.3) is 0 Å². The van der Waals surface area contributed by atoms with Gasteiger partial charge in [-0.15, -0.1) is 24.0 Å². The van der Waals surface area contributed by atoms with Crippen LogP contribution in [0, 0.1) is 0 Å². The second kappa shape index (κ2) is 16.5. The van der Waals surface area contributed by atoms with E-state index in [9.17, 15) is 0 Å². The third-order valence-corrected chi connectivity index (χ3v) is 3.94. The molecule has 0 heterocycles. The first-order valence-electron chi connectivity index (χ1n) is 9.59. The summed E-state index contributed by atoms with van der Waals surface area (Å²) in [6, 6.07) is 3.80. The van der Waals surface area contributed by atoms with Gasteiger partial charge in [0, 0.05) is 31.9 Å². The summed E-state index contributed by atoms with van der Waals surface area (Å²) in [4.78, 5) is 4.65. The van der Waals surface area contributed by atoms with E-state index in [-0.39, 0.29) is 24.0 Å². The van der Waals surface area contributed by atoms with Crippen molar-refractivity contribution < 1.29 is 18.9 Å². The molecule has 1 aromatic carbocycles. The Kier molecular flexibility index (Phi) is 15.7. The highest BCUT2D eigenvalue weighted by atomic mass is 127. The van der Waals surface area contributed by atoms with E-state index in [1.54, 1.807) is 21.3 Å². The topological polar surface area (TPSA) is 73.3 Å². The molecule has 7 nitrogen and oxygen atoms in total. The molecule has 1 aromatic rings. The van der Waals surface area contributed by atoms with Gasteiger partial charge in [-0.2, -0.15) is 0 Å². The Morgan fingerprint density at radius 2 is 1.64 bits per heavy atom. The molecule has 0 saturated heterocycles. The maximum atomic E-state index is 5.58. The predicted octanol–water partition coefficient (Wildman–Crippen LogP) is 3.59. The minimum absolute atomic E-state index is 0. The van der Waals surface area contributed by atoms with Crippen molar-refractivity contribution in [2.75, 3.05) is 47.6 Å². The van der Waals surface area contributed by atoms with Gasteiger partial charge in [0.25, 0.3) is 0 Å². The van der Waals surface area contributed by atoms with Crippen LogP contribution >= 0.6 is 24.0 Å². The Bertz CT molecular complexity index is 571. The van der Waals surface area contributed by atoms with Crippen LogP contribution in [-0.4, -0.2) is 53.6 Å². The van der Waals surface area contributed by atoms with Crippen LogP contribution < -0.4 is 24.8 Å². The number of nitrogens with zero attached hydrogens (tertiary/aromatic N) is 1. The number of rotatable bonds is 13. The van der Waals surface area contributed by atoms with Crippen LogP contribution in [0.4, 0.5) is 0 Å². The Morgan fingerprint density at radius 1 is 0.929 bits per heavy atom. The van der Waals surface area contributed by atoms with Gasteiger partial charge in [-0.1, -0.05) is 13.3 Å². The van der Waals surface area contributed by atoms with Crippen molar-refractivity contribution in [1.29, 1.82) is 0 Å². The van der Waals surface area contributed by atoms with Gasteiger partial charge in [-0.3, -0.25) is 0 Å². The summed E-state index contributed by atoms with van der Waals surface area (Å²) in [6.07, 6.45) is 3.22. The van der Waals surface area contributed by atoms with Gasteiger partial charge in [0.2, 0.25) is 5.75 Å². The number of hydrogen-bond donors (Lipinski definition) is 2. The number of aliphatic imine (C=N–C) groups is 1. The highest BCUT2D eigenvalue weighted by Crippen LogP contribution is 2.39. The summed E-state index contributed by atoms with van der Waals surface area (Å²) in [5, 5.41) is 6.59. The van der Waals surface area contributed by atoms with Gasteiger partial charge in [-0.25, -0.2) is 4.99 Å². The van der Waals surface area contributed by atoms with E-state index in [0.717, 1.165) is 57.1 Å². The molecule has 0 saturated carbocycles. The van der Waals surface area contributed by atoms with Crippen molar-refractivity contribution in [3.63, 3.8) is 0 Å². The number of methoxy groups -OCH3 is 3. The van der Waals surface area contributed by atoms with Gasteiger partial charge in [-0.05, 0) is 31.9 Å². The second-order valence-corrected chi connectivity index (χ2v) is 5.93. The first-order valence-corrected chi connectivity index (χ1v) is 9.59. The normalized spacial score (nSPS) is 10.8. The Morgan fingerprint density at radius 3 is 2.25 bits per heavy atom. The molecule has 0 amide bonds. The fourth-order valence-corrected chi connectivity index (χ4v) is 2.52. The molecule has 0 aromatic heterocycles. The minimum Gasteiger partial charge on any atom is -0.493 e. The average molecular weight is 509 g/mol. The number of guanidine groups is 1. The van der Waals surface area contributed by atoms with Gasteiger partial charge < -0.3 is 29.6 Å². The molecule has 0 aliphatic heterocycles. The lowest BCUT2D eigenvalue weighted by Gasteiger charge is -2.15. The number of benzene rings is 1. The Labute approximate surface area is 186 Å². The lowest BCUT2D eigenvalue weighted by molar-refractivity contribution is 0.129. The summed E-state index contributed by atoms with van der Waals surface area (Å²) < 4.78 is 21.8. The van der Waals surface area contributed by atoms with Gasteiger partial charge in [0.05, 0.1) is 27.9 Å². The minimum atomic E-state index is 0. The fourth-order valence-electron chi connectivity index (χ4n) is 2.52. The van der Waals surface area contributed by atoms with E-state index >= 15 is 0 Å². The number of ether oxygens (including phenoxy) is 4. The van der Waals surface area contributed by atoms with Crippen LogP contribution in [-0.2, 0) is 11.3 Å². The molecule has 0 bridgehead atoms. The van der Waals surface area contributed by atoms with E-state index in [1.165, 1.54) is 0 Å². The van der Waals surface area contributed by atoms with Crippen LogP contribution in [0.1, 0.15) is 38.7 Å². The molecule has 0 atom stereocenters. The summed E-state index contributed by atoms with van der Waals surface area (Å²) in [7, 11) is 4.82. The van der Waals surface area contributed by atoms with Crippen molar-refractivity contribution in [2.24, 2.45) is 4.99 Å². The zero-order valence-corrected chi connectivity index (χ0v) is 20.1. The van der Waals surface area contributed by atoms with Crippen molar-refractivity contribution in [1.82, 2.24) is 10.6 Å². The zero-order valence-electron chi connectivity index (χ0n) is 17.8. The lowest BCUT2D eigenvalue weighted by atomic mass is 10.1. The summed E-state index contributed by atoms with van der Waals surface area (Å²) in [6.45, 7) is 7.87. The van der Waals surface area contributed by atoms with Crippen molar-refractivity contribution >= 4 is 29.9 Å². The Hall–Kier alpha value is -1.42. The third kappa shape index (κ3) is 9.18. The van der Waals surface area contributed by atoms with Crippen molar-refractivity contribution in [3.8, 4) is 17.2 Å². The fraction of sp³-hybridized carbons (Fsp3) is 0.650. The first-order chi connectivity index (χ1) is 13.2. The smallest absolute Gasteiger partial charge is 0.203 e. The molecule has 28 heavy (non-hydrogen) atoms. The molecule has 1 rings (SSSR count). The monoisotopic (exact) mass is 509 g/mol. The largest absolute Gasteiger partial charge is 0.493 e. The number of halogens is 1. The molecule has 0 fully saturated rings. The molecule has 2 N–H and O–H groups in total. The highest BCUT2D eigenvalue weighted by molar-refractivity contribution is 14.0. The number of hydrogen-bond acceptors (Lipinski definition) is 5. The molecule has 8 heteroatoms. The van der Waals surface area contributed by atoms with Crippen LogP contribution in [0.2, 0.25) is 0 Å². The van der Waals surface area contributed by atoms with E-state index in [2.05, 4.69) is 22.5 Å². The molecule has 0 aliphatic carbocycles. The highest BCUT2D eigenvalue weighted by Gasteiger charge is 2.15. The van der Waals surface area contributed by atoms with Crippen LogP contribution in [0.5, 0.6) is 17.2 Å². The van der Waals surface area contributed by atoms with E-state index in [4.69, 9.17) is 18.9 Å². The van der Waals surface area contributed by atoms with E-state index in [0.29, 0.717) is 23.8 Å². The summed E-state index contributed by atoms with van der Waals surface area (Å²) >= 11 is 0. The number of nitrogens with one attached hydrogen (secondary N) is 2. The lowest BCUT2D eigenvalue weighted by Crippen LogP contribution is -2.38. The van der Waals surface area contributed by atoms with Crippen molar-refractivity contribution in [2.45, 2.75) is 39.7 Å². The molecule has 0 radical (unpaired) electrons. The molecular formula is C20H36IN3O4. The predicted molar refractivity (Wildman–Crippen MR) is 125 cm³/mol. The standard InChI is InChI=1S/C20H35N3O4.HI/c1-6-8-13-27-14-9-12-22-20(21-7-2)23-15-16-10-11-17(24-3)19(26-5)18(16)25-4;/h10-11H,6-9,12-15H2,1-5H3,(H2,21,22,23);1H. The van der Waals surface area contributed by atoms with Crippen LogP contribution in [0.3, 0.4) is 0 Å². The van der Waals surface area contributed by atoms with Crippen LogP contribution in [0.15, 0.2) is 17.1 Å². The first kappa shape index (κ1) is 26.6. The molecule has 0 spiro atoms. The van der Waals surface area contributed by atoms with Gasteiger partial charge in [0.1, 0.15) is 0 Å². The maximum Gasteiger partial charge on any atom is 0.203 e. The maximum absolute atomic E-state index is 5.58. The molecule has 0 aliphatic rings. The van der Waals surface area contributed by atoms with Gasteiger partial charge in [0.15, 0.2) is 17.5 Å². The Balaban J connectivity index is 0.00000729. The quantitative estimate of drug-likeness (QED) is 0.183.